The van der Waals surface area contributed by atoms with E-state index in [9.17, 15) is 9.59 Å². The Bertz CT molecular complexity index is 428. The summed E-state index contributed by atoms with van der Waals surface area (Å²) in [7, 11) is 0. The van der Waals surface area contributed by atoms with Crippen molar-refractivity contribution in [1.82, 2.24) is 10.6 Å². The zero-order valence-corrected chi connectivity index (χ0v) is 9.27. The van der Waals surface area contributed by atoms with E-state index < -0.39 is 12.1 Å². The van der Waals surface area contributed by atoms with Crippen molar-refractivity contribution < 1.29 is 14.7 Å². The van der Waals surface area contributed by atoms with Gasteiger partial charge < -0.3 is 10.4 Å². The van der Waals surface area contributed by atoms with E-state index >= 15 is 0 Å². The molecule has 0 aromatic heterocycles. The van der Waals surface area contributed by atoms with Crippen LogP contribution in [0.4, 0.5) is 4.79 Å². The maximum absolute atomic E-state index is 11.2. The molecular formula is C12H14N2O3. The molecule has 0 aliphatic carbocycles. The number of aryl methyl sites for hydroxylation is 1. The smallest absolute Gasteiger partial charge is 0.322 e. The maximum Gasteiger partial charge on any atom is 0.322 e. The molecule has 1 unspecified atom stereocenters. The topological polar surface area (TPSA) is 78.4 Å². The number of phenols is 1. The molecule has 2 rings (SSSR count). The van der Waals surface area contributed by atoms with Crippen molar-refractivity contribution in [3.8, 4) is 5.75 Å². The average Bonchev–Trinajstić information content (AvgIpc) is 2.60. The van der Waals surface area contributed by atoms with Crippen molar-refractivity contribution in [2.45, 2.75) is 25.3 Å². The number of imide groups is 1. The second-order valence-corrected chi connectivity index (χ2v) is 4.07. The van der Waals surface area contributed by atoms with E-state index in [1.54, 1.807) is 12.1 Å². The summed E-state index contributed by atoms with van der Waals surface area (Å²) >= 11 is 0. The molecule has 0 radical (unpaired) electrons. The van der Waals surface area contributed by atoms with Crippen molar-refractivity contribution in [3.05, 3.63) is 29.8 Å². The highest BCUT2D eigenvalue weighted by atomic mass is 16.3. The van der Waals surface area contributed by atoms with Crippen molar-refractivity contribution in [2.24, 2.45) is 0 Å². The quantitative estimate of drug-likeness (QED) is 0.678. The SMILES string of the molecule is O=C1NC(=O)C(CCCc2ccc(O)cc2)N1. The number of carbonyl (C=O) groups is 2. The van der Waals surface area contributed by atoms with Gasteiger partial charge in [-0.15, -0.1) is 0 Å². The third-order valence-electron chi connectivity index (χ3n) is 2.75. The molecular weight excluding hydrogens is 220 g/mol. The highest BCUT2D eigenvalue weighted by Gasteiger charge is 2.28. The third kappa shape index (κ3) is 2.96. The summed E-state index contributed by atoms with van der Waals surface area (Å²) in [6.07, 6.45) is 2.25. The van der Waals surface area contributed by atoms with Crippen molar-refractivity contribution in [2.75, 3.05) is 0 Å². The number of phenolic OH excluding ortho intramolecular Hbond substituents is 1. The molecule has 17 heavy (non-hydrogen) atoms. The molecule has 1 aliphatic rings. The molecule has 5 heteroatoms. The number of amides is 3. The second kappa shape index (κ2) is 4.86. The number of hydrogen-bond acceptors (Lipinski definition) is 3. The normalized spacial score (nSPS) is 18.9. The van der Waals surface area contributed by atoms with Gasteiger partial charge in [-0.3, -0.25) is 10.1 Å². The van der Waals surface area contributed by atoms with E-state index in [1.165, 1.54) is 0 Å². The molecule has 1 aromatic rings. The Labute approximate surface area is 98.8 Å². The van der Waals surface area contributed by atoms with E-state index in [-0.39, 0.29) is 11.7 Å². The molecule has 1 saturated heterocycles. The van der Waals surface area contributed by atoms with Gasteiger partial charge in [0.05, 0.1) is 0 Å². The molecule has 3 N–H and O–H groups in total. The summed E-state index contributed by atoms with van der Waals surface area (Å²) in [5.41, 5.74) is 1.10. The van der Waals surface area contributed by atoms with Crippen molar-refractivity contribution in [1.29, 1.82) is 0 Å². The van der Waals surface area contributed by atoms with Gasteiger partial charge in [-0.05, 0) is 37.0 Å². The fourth-order valence-electron chi connectivity index (χ4n) is 1.84. The second-order valence-electron chi connectivity index (χ2n) is 4.07. The fraction of sp³-hybridized carbons (Fsp3) is 0.333. The van der Waals surface area contributed by atoms with Gasteiger partial charge in [0.1, 0.15) is 11.8 Å². The molecule has 1 atom stereocenters. The summed E-state index contributed by atoms with van der Waals surface area (Å²) < 4.78 is 0. The zero-order valence-electron chi connectivity index (χ0n) is 9.27. The molecule has 0 spiro atoms. The van der Waals surface area contributed by atoms with Gasteiger partial charge in [-0.1, -0.05) is 12.1 Å². The molecule has 1 aliphatic heterocycles. The number of benzene rings is 1. The lowest BCUT2D eigenvalue weighted by Gasteiger charge is -2.06. The lowest BCUT2D eigenvalue weighted by Crippen LogP contribution is -2.28. The predicted molar refractivity (Wildman–Crippen MR) is 61.5 cm³/mol. The van der Waals surface area contributed by atoms with Crippen LogP contribution in [0.5, 0.6) is 5.75 Å². The van der Waals surface area contributed by atoms with E-state index in [2.05, 4.69) is 10.6 Å². The Balaban J connectivity index is 1.78. The first-order valence-corrected chi connectivity index (χ1v) is 5.54. The van der Waals surface area contributed by atoms with Crippen LogP contribution < -0.4 is 10.6 Å². The van der Waals surface area contributed by atoms with E-state index in [4.69, 9.17) is 5.11 Å². The first-order chi connectivity index (χ1) is 8.15. The summed E-state index contributed by atoms with van der Waals surface area (Å²) in [6, 6.07) is 6.16. The van der Waals surface area contributed by atoms with Gasteiger partial charge in [-0.2, -0.15) is 0 Å². The Hall–Kier alpha value is -2.04. The van der Waals surface area contributed by atoms with Crippen LogP contribution in [0.1, 0.15) is 18.4 Å². The monoisotopic (exact) mass is 234 g/mol. The summed E-state index contributed by atoms with van der Waals surface area (Å²) in [5, 5.41) is 13.9. The van der Waals surface area contributed by atoms with E-state index in [0.717, 1.165) is 18.4 Å². The van der Waals surface area contributed by atoms with Crippen LogP contribution in [-0.4, -0.2) is 23.1 Å². The van der Waals surface area contributed by atoms with Gasteiger partial charge >= 0.3 is 6.03 Å². The number of carbonyl (C=O) groups excluding carboxylic acids is 2. The van der Waals surface area contributed by atoms with Gasteiger partial charge in [0.25, 0.3) is 5.91 Å². The van der Waals surface area contributed by atoms with Crippen LogP contribution in [0.2, 0.25) is 0 Å². The largest absolute Gasteiger partial charge is 0.508 e. The lowest BCUT2D eigenvalue weighted by molar-refractivity contribution is -0.120. The number of aromatic hydroxyl groups is 1. The fourth-order valence-corrected chi connectivity index (χ4v) is 1.84. The molecule has 0 saturated carbocycles. The molecule has 3 amide bonds. The summed E-state index contributed by atoms with van der Waals surface area (Å²) in [4.78, 5) is 22.1. The first-order valence-electron chi connectivity index (χ1n) is 5.54. The van der Waals surface area contributed by atoms with Crippen molar-refractivity contribution >= 4 is 11.9 Å². The van der Waals surface area contributed by atoms with Gasteiger partial charge in [0.15, 0.2) is 0 Å². The molecule has 90 valence electrons. The van der Waals surface area contributed by atoms with E-state index in [0.29, 0.717) is 6.42 Å². The predicted octanol–water partition coefficient (Wildman–Crippen LogP) is 0.923. The van der Waals surface area contributed by atoms with Crippen molar-refractivity contribution in [3.63, 3.8) is 0 Å². The number of urea groups is 1. The Morgan fingerprint density at radius 3 is 2.47 bits per heavy atom. The Morgan fingerprint density at radius 1 is 1.18 bits per heavy atom. The third-order valence-corrected chi connectivity index (χ3v) is 2.75. The lowest BCUT2D eigenvalue weighted by atomic mass is 10.0. The number of nitrogens with one attached hydrogen (secondary N) is 2. The van der Waals surface area contributed by atoms with E-state index in [1.807, 2.05) is 12.1 Å². The standard InChI is InChI=1S/C12H14N2O3/c15-9-6-4-8(5-7-9)2-1-3-10-11(16)14-12(17)13-10/h4-7,10,15H,1-3H2,(H2,13,14,16,17). The number of hydrogen-bond donors (Lipinski definition) is 3. The minimum absolute atomic E-state index is 0.246. The van der Waals surface area contributed by atoms with Crippen LogP contribution in [0.15, 0.2) is 24.3 Å². The highest BCUT2D eigenvalue weighted by Crippen LogP contribution is 2.13. The van der Waals surface area contributed by atoms with Gasteiger partial charge in [0.2, 0.25) is 0 Å². The van der Waals surface area contributed by atoms with Crippen LogP contribution in [-0.2, 0) is 11.2 Å². The zero-order chi connectivity index (χ0) is 12.3. The van der Waals surface area contributed by atoms with Gasteiger partial charge in [-0.25, -0.2) is 4.79 Å². The highest BCUT2D eigenvalue weighted by molar-refractivity contribution is 6.04. The molecule has 1 fully saturated rings. The minimum atomic E-state index is -0.412. The van der Waals surface area contributed by atoms with Crippen LogP contribution in [0.25, 0.3) is 0 Å². The van der Waals surface area contributed by atoms with Crippen LogP contribution in [0, 0.1) is 0 Å². The average molecular weight is 234 g/mol. The Morgan fingerprint density at radius 2 is 1.88 bits per heavy atom. The number of rotatable bonds is 4. The molecule has 0 bridgehead atoms. The van der Waals surface area contributed by atoms with Gasteiger partial charge in [0, 0.05) is 0 Å². The minimum Gasteiger partial charge on any atom is -0.508 e. The summed E-state index contributed by atoms with van der Waals surface area (Å²) in [5.74, 6) is -0.00288. The first kappa shape index (κ1) is 11.4. The van der Waals surface area contributed by atoms with Crippen LogP contribution >= 0.6 is 0 Å². The maximum atomic E-state index is 11.2. The summed E-state index contributed by atoms with van der Waals surface area (Å²) in [6.45, 7) is 0. The molecule has 5 nitrogen and oxygen atoms in total. The van der Waals surface area contributed by atoms with Crippen LogP contribution in [0.3, 0.4) is 0 Å². The molecule has 1 heterocycles. The Kier molecular flexibility index (Phi) is 3.27. The molecule has 1 aromatic carbocycles.